The molecule has 1 fully saturated rings. The van der Waals surface area contributed by atoms with E-state index in [1.54, 1.807) is 27.7 Å². The van der Waals surface area contributed by atoms with Crippen LogP contribution in [0.3, 0.4) is 0 Å². The van der Waals surface area contributed by atoms with E-state index in [1.807, 2.05) is 24.2 Å². The Morgan fingerprint density at radius 1 is 1.25 bits per heavy atom. The number of likely N-dealkylation sites (tertiary alicyclic amines) is 1. The predicted molar refractivity (Wildman–Crippen MR) is 98.0 cm³/mol. The van der Waals surface area contributed by atoms with Crippen molar-refractivity contribution in [2.45, 2.75) is 32.5 Å². The standard InChI is InChI=1S/C19H21FN6O2/c1-14-8-21-25(9-14)7-6-19(27)24-11-17(12-24)26-10-16(22-23-26)13-28-18-4-2-15(20)3-5-18/h2-5,8-10,17H,6-7,11-13H2,1H3. The molecule has 1 aliphatic heterocycles. The number of rotatable bonds is 7. The number of aromatic nitrogens is 5. The molecule has 146 valence electrons. The number of carbonyl (C=O) groups excluding carboxylic acids is 1. The van der Waals surface area contributed by atoms with Crippen LogP contribution in [0, 0.1) is 12.7 Å². The Labute approximate surface area is 161 Å². The lowest BCUT2D eigenvalue weighted by Crippen LogP contribution is -2.51. The third-order valence-corrected chi connectivity index (χ3v) is 4.66. The van der Waals surface area contributed by atoms with Crippen LogP contribution in [0.15, 0.2) is 42.9 Å². The second kappa shape index (κ2) is 7.79. The summed E-state index contributed by atoms with van der Waals surface area (Å²) in [5, 5.41) is 12.4. The minimum Gasteiger partial charge on any atom is -0.487 e. The van der Waals surface area contributed by atoms with Crippen LogP contribution in [-0.4, -0.2) is 48.7 Å². The van der Waals surface area contributed by atoms with Gasteiger partial charge < -0.3 is 9.64 Å². The minimum absolute atomic E-state index is 0.115. The van der Waals surface area contributed by atoms with Gasteiger partial charge in [-0.25, -0.2) is 9.07 Å². The van der Waals surface area contributed by atoms with Crippen LogP contribution in [0.1, 0.15) is 23.7 Å². The maximum absolute atomic E-state index is 12.9. The van der Waals surface area contributed by atoms with Gasteiger partial charge in [0.1, 0.15) is 23.9 Å². The summed E-state index contributed by atoms with van der Waals surface area (Å²) in [5.74, 6) is 0.384. The number of hydrogen-bond acceptors (Lipinski definition) is 5. The smallest absolute Gasteiger partial charge is 0.224 e. The zero-order chi connectivity index (χ0) is 19.5. The molecular weight excluding hydrogens is 363 g/mol. The van der Waals surface area contributed by atoms with Crippen LogP contribution in [0.2, 0.25) is 0 Å². The molecule has 1 aromatic carbocycles. The molecule has 1 aliphatic rings. The van der Waals surface area contributed by atoms with Crippen molar-refractivity contribution >= 4 is 5.91 Å². The molecule has 0 bridgehead atoms. The van der Waals surface area contributed by atoms with Gasteiger partial charge in [-0.05, 0) is 36.8 Å². The van der Waals surface area contributed by atoms with Crippen molar-refractivity contribution in [1.29, 1.82) is 0 Å². The fourth-order valence-electron chi connectivity index (χ4n) is 3.03. The van der Waals surface area contributed by atoms with Gasteiger partial charge in [-0.1, -0.05) is 5.21 Å². The summed E-state index contributed by atoms with van der Waals surface area (Å²) in [5.41, 5.74) is 1.77. The van der Waals surface area contributed by atoms with Crippen molar-refractivity contribution in [3.63, 3.8) is 0 Å². The summed E-state index contributed by atoms with van der Waals surface area (Å²) in [6, 6.07) is 5.96. The highest BCUT2D eigenvalue weighted by Gasteiger charge is 2.32. The lowest BCUT2D eigenvalue weighted by molar-refractivity contribution is -0.137. The molecule has 4 rings (SSSR count). The van der Waals surface area contributed by atoms with Gasteiger partial charge in [-0.3, -0.25) is 9.48 Å². The number of amides is 1. The van der Waals surface area contributed by atoms with Crippen LogP contribution >= 0.6 is 0 Å². The van der Waals surface area contributed by atoms with Gasteiger partial charge in [-0.15, -0.1) is 5.10 Å². The van der Waals surface area contributed by atoms with Crippen molar-refractivity contribution in [3.8, 4) is 5.75 Å². The molecule has 1 amide bonds. The Hall–Kier alpha value is -3.23. The van der Waals surface area contributed by atoms with E-state index in [2.05, 4.69) is 15.4 Å². The van der Waals surface area contributed by atoms with Gasteiger partial charge in [0.15, 0.2) is 0 Å². The number of aryl methyl sites for hydroxylation is 2. The molecule has 8 nitrogen and oxygen atoms in total. The van der Waals surface area contributed by atoms with E-state index in [0.29, 0.717) is 37.5 Å². The Morgan fingerprint density at radius 3 is 2.75 bits per heavy atom. The van der Waals surface area contributed by atoms with E-state index in [0.717, 1.165) is 5.56 Å². The van der Waals surface area contributed by atoms with E-state index < -0.39 is 0 Å². The molecular formula is C19H21FN6O2. The molecule has 0 spiro atoms. The number of benzene rings is 1. The van der Waals surface area contributed by atoms with Gasteiger partial charge in [0.2, 0.25) is 5.91 Å². The van der Waals surface area contributed by atoms with Crippen molar-refractivity contribution < 1.29 is 13.9 Å². The summed E-state index contributed by atoms with van der Waals surface area (Å²) in [7, 11) is 0. The van der Waals surface area contributed by atoms with Gasteiger partial charge in [-0.2, -0.15) is 5.10 Å². The number of carbonyl (C=O) groups is 1. The maximum atomic E-state index is 12.9. The molecule has 2 aromatic heterocycles. The van der Waals surface area contributed by atoms with E-state index in [9.17, 15) is 9.18 Å². The largest absolute Gasteiger partial charge is 0.487 e. The molecule has 1 saturated heterocycles. The summed E-state index contributed by atoms with van der Waals surface area (Å²) >= 11 is 0. The van der Waals surface area contributed by atoms with Crippen LogP contribution < -0.4 is 4.74 Å². The third kappa shape index (κ3) is 4.19. The van der Waals surface area contributed by atoms with Crippen molar-refractivity contribution in [1.82, 2.24) is 29.7 Å². The van der Waals surface area contributed by atoms with Crippen LogP contribution in [0.25, 0.3) is 0 Å². The maximum Gasteiger partial charge on any atom is 0.224 e. The molecule has 0 N–H and O–H groups in total. The Bertz CT molecular complexity index is 946. The number of ether oxygens (including phenoxy) is 1. The second-order valence-electron chi connectivity index (χ2n) is 6.92. The first kappa shape index (κ1) is 18.1. The van der Waals surface area contributed by atoms with Crippen molar-refractivity contribution in [3.05, 3.63) is 59.9 Å². The Kier molecular flexibility index (Phi) is 5.05. The normalized spacial score (nSPS) is 14.1. The summed E-state index contributed by atoms with van der Waals surface area (Å²) in [4.78, 5) is 14.1. The average Bonchev–Trinajstić information content (AvgIpc) is 3.27. The lowest BCUT2D eigenvalue weighted by Gasteiger charge is -2.38. The average molecular weight is 384 g/mol. The first-order chi connectivity index (χ1) is 13.6. The summed E-state index contributed by atoms with van der Waals surface area (Å²) < 4.78 is 22.0. The predicted octanol–water partition coefficient (Wildman–Crippen LogP) is 1.97. The summed E-state index contributed by atoms with van der Waals surface area (Å²) in [6.07, 6.45) is 5.97. The summed E-state index contributed by atoms with van der Waals surface area (Å²) in [6.45, 7) is 4.06. The van der Waals surface area contributed by atoms with Crippen LogP contribution in [0.5, 0.6) is 5.75 Å². The number of hydrogen-bond donors (Lipinski definition) is 0. The zero-order valence-electron chi connectivity index (χ0n) is 15.5. The SMILES string of the molecule is Cc1cnn(CCC(=O)N2CC(n3cc(COc4ccc(F)cc4)nn3)C2)c1. The van der Waals surface area contributed by atoms with E-state index >= 15 is 0 Å². The molecule has 3 heterocycles. The fraction of sp³-hybridized carbons (Fsp3) is 0.368. The van der Waals surface area contributed by atoms with Gasteiger partial charge in [0.05, 0.1) is 18.4 Å². The number of nitrogens with zero attached hydrogens (tertiary/aromatic N) is 6. The molecule has 28 heavy (non-hydrogen) atoms. The second-order valence-corrected chi connectivity index (χ2v) is 6.92. The highest BCUT2D eigenvalue weighted by atomic mass is 19.1. The van der Waals surface area contributed by atoms with Crippen molar-refractivity contribution in [2.24, 2.45) is 0 Å². The molecule has 3 aromatic rings. The molecule has 9 heteroatoms. The molecule has 0 unspecified atom stereocenters. The highest BCUT2D eigenvalue weighted by molar-refractivity contribution is 5.77. The van der Waals surface area contributed by atoms with Crippen LogP contribution in [0.4, 0.5) is 4.39 Å². The highest BCUT2D eigenvalue weighted by Crippen LogP contribution is 2.21. The fourth-order valence-corrected chi connectivity index (χ4v) is 3.03. The molecule has 0 radical (unpaired) electrons. The molecule has 0 saturated carbocycles. The van der Waals surface area contributed by atoms with Gasteiger partial charge in [0, 0.05) is 32.3 Å². The lowest BCUT2D eigenvalue weighted by atomic mass is 10.1. The minimum atomic E-state index is -0.304. The van der Waals surface area contributed by atoms with Crippen molar-refractivity contribution in [2.75, 3.05) is 13.1 Å². The molecule has 0 atom stereocenters. The first-order valence-corrected chi connectivity index (χ1v) is 9.13. The van der Waals surface area contributed by atoms with Gasteiger partial charge >= 0.3 is 0 Å². The van der Waals surface area contributed by atoms with Gasteiger partial charge in [0.25, 0.3) is 0 Å². The Balaban J connectivity index is 1.22. The topological polar surface area (TPSA) is 78.1 Å². The monoisotopic (exact) mass is 384 g/mol. The van der Waals surface area contributed by atoms with E-state index in [1.165, 1.54) is 12.1 Å². The zero-order valence-corrected chi connectivity index (χ0v) is 15.5. The molecule has 0 aliphatic carbocycles. The Morgan fingerprint density at radius 2 is 2.04 bits per heavy atom. The number of halogens is 1. The van der Waals surface area contributed by atoms with E-state index in [-0.39, 0.29) is 24.4 Å². The van der Waals surface area contributed by atoms with E-state index in [4.69, 9.17) is 4.74 Å². The first-order valence-electron chi connectivity index (χ1n) is 9.13. The van der Waals surface area contributed by atoms with Crippen LogP contribution in [-0.2, 0) is 17.9 Å². The third-order valence-electron chi connectivity index (χ3n) is 4.66. The quantitative estimate of drug-likeness (QED) is 0.622.